The zero-order valence-corrected chi connectivity index (χ0v) is 13.8. The number of ether oxygens (including phenoxy) is 1. The maximum absolute atomic E-state index is 5.56. The lowest BCUT2D eigenvalue weighted by molar-refractivity contribution is 0.415. The summed E-state index contributed by atoms with van der Waals surface area (Å²) in [5.41, 5.74) is 9.82. The molecule has 3 aromatic rings. The summed E-state index contributed by atoms with van der Waals surface area (Å²) in [6.45, 7) is 0.600. The van der Waals surface area contributed by atoms with Gasteiger partial charge in [0.1, 0.15) is 11.6 Å². The first-order chi connectivity index (χ1) is 9.80. The van der Waals surface area contributed by atoms with Crippen LogP contribution in [0, 0.1) is 0 Å². The number of aromatic nitrogens is 2. The highest BCUT2D eigenvalue weighted by Crippen LogP contribution is 2.26. The molecule has 118 valence electrons. The molecular weight excluding hydrogens is 321 g/mol. The van der Waals surface area contributed by atoms with Crippen LogP contribution in [0.3, 0.4) is 0 Å². The van der Waals surface area contributed by atoms with Crippen molar-refractivity contribution in [3.8, 4) is 16.9 Å². The van der Waals surface area contributed by atoms with E-state index in [4.69, 9.17) is 10.5 Å². The lowest BCUT2D eigenvalue weighted by atomic mass is 10.1. The largest absolute Gasteiger partial charge is 0.497 e. The van der Waals surface area contributed by atoms with E-state index in [2.05, 4.69) is 34.2 Å². The van der Waals surface area contributed by atoms with Gasteiger partial charge in [0, 0.05) is 6.42 Å². The average Bonchev–Trinajstić information content (AvgIpc) is 2.89. The number of benzene rings is 2. The monoisotopic (exact) mass is 339 g/mol. The summed E-state index contributed by atoms with van der Waals surface area (Å²) in [7, 11) is 1.68. The Balaban J connectivity index is 0.00000121. The van der Waals surface area contributed by atoms with Gasteiger partial charge in [-0.3, -0.25) is 0 Å². The summed E-state index contributed by atoms with van der Waals surface area (Å²) in [4.78, 5) is 7.85. The number of aromatic amines is 1. The average molecular weight is 340 g/mol. The maximum atomic E-state index is 5.56. The van der Waals surface area contributed by atoms with Crippen molar-refractivity contribution in [2.75, 3.05) is 13.7 Å². The quantitative estimate of drug-likeness (QED) is 0.763. The van der Waals surface area contributed by atoms with Gasteiger partial charge in [0.05, 0.1) is 18.1 Å². The first-order valence-corrected chi connectivity index (χ1v) is 6.63. The molecule has 0 fully saturated rings. The number of nitrogens with one attached hydrogen (secondary N) is 1. The number of H-pyrrole nitrogens is 1. The molecule has 0 saturated heterocycles. The molecule has 22 heavy (non-hydrogen) atoms. The van der Waals surface area contributed by atoms with Crippen LogP contribution >= 0.6 is 24.8 Å². The summed E-state index contributed by atoms with van der Waals surface area (Å²) in [6, 6.07) is 14.2. The van der Waals surface area contributed by atoms with Crippen LogP contribution in [-0.2, 0) is 6.42 Å². The molecule has 0 aliphatic rings. The van der Waals surface area contributed by atoms with E-state index in [0.29, 0.717) is 6.54 Å². The molecule has 4 nitrogen and oxygen atoms in total. The van der Waals surface area contributed by atoms with Gasteiger partial charge >= 0.3 is 0 Å². The lowest BCUT2D eigenvalue weighted by Gasteiger charge is -2.04. The van der Waals surface area contributed by atoms with Crippen LogP contribution in [0.2, 0.25) is 0 Å². The van der Waals surface area contributed by atoms with Gasteiger partial charge in [0.15, 0.2) is 0 Å². The van der Waals surface area contributed by atoms with E-state index in [1.54, 1.807) is 7.11 Å². The standard InChI is InChI=1S/C16H17N3O.2ClH/c1-20-13-4-2-3-11(9-13)12-5-6-14-15(10-12)19-16(18-14)7-8-17;;/h2-6,9-10H,7-8,17H2,1H3,(H,18,19);2*1H. The number of rotatable bonds is 4. The highest BCUT2D eigenvalue weighted by atomic mass is 35.5. The summed E-state index contributed by atoms with van der Waals surface area (Å²) >= 11 is 0. The van der Waals surface area contributed by atoms with E-state index in [1.165, 1.54) is 0 Å². The van der Waals surface area contributed by atoms with Gasteiger partial charge in [-0.25, -0.2) is 4.98 Å². The molecule has 0 bridgehead atoms. The van der Waals surface area contributed by atoms with Gasteiger partial charge in [0.2, 0.25) is 0 Å². The fraction of sp³-hybridized carbons (Fsp3) is 0.188. The zero-order valence-electron chi connectivity index (χ0n) is 12.2. The van der Waals surface area contributed by atoms with Crippen molar-refractivity contribution in [2.45, 2.75) is 6.42 Å². The number of nitrogens with two attached hydrogens (primary N) is 1. The van der Waals surface area contributed by atoms with Gasteiger partial charge in [-0.2, -0.15) is 0 Å². The second kappa shape index (κ2) is 8.03. The Labute approximate surface area is 141 Å². The summed E-state index contributed by atoms with van der Waals surface area (Å²) in [5, 5.41) is 0. The van der Waals surface area contributed by atoms with E-state index in [-0.39, 0.29) is 24.8 Å². The molecule has 0 aliphatic carbocycles. The van der Waals surface area contributed by atoms with Crippen LogP contribution in [-0.4, -0.2) is 23.6 Å². The van der Waals surface area contributed by atoms with E-state index >= 15 is 0 Å². The first-order valence-electron chi connectivity index (χ1n) is 6.63. The van der Waals surface area contributed by atoms with Crippen molar-refractivity contribution >= 4 is 35.8 Å². The molecule has 0 spiro atoms. The van der Waals surface area contributed by atoms with E-state index in [9.17, 15) is 0 Å². The molecule has 0 atom stereocenters. The van der Waals surface area contributed by atoms with Crippen molar-refractivity contribution < 1.29 is 4.74 Å². The fourth-order valence-corrected chi connectivity index (χ4v) is 2.30. The number of methoxy groups -OCH3 is 1. The van der Waals surface area contributed by atoms with Crippen LogP contribution in [0.5, 0.6) is 5.75 Å². The fourth-order valence-electron chi connectivity index (χ4n) is 2.30. The van der Waals surface area contributed by atoms with Crippen LogP contribution in [0.25, 0.3) is 22.2 Å². The molecule has 3 rings (SSSR count). The van der Waals surface area contributed by atoms with Gasteiger partial charge in [0.25, 0.3) is 0 Å². The van der Waals surface area contributed by atoms with Crippen molar-refractivity contribution in [3.05, 3.63) is 48.3 Å². The van der Waals surface area contributed by atoms with Gasteiger partial charge in [-0.05, 0) is 41.9 Å². The Kier molecular flexibility index (Phi) is 6.68. The normalized spacial score (nSPS) is 9.91. The Morgan fingerprint density at radius 1 is 1.09 bits per heavy atom. The van der Waals surface area contributed by atoms with E-state index < -0.39 is 0 Å². The molecule has 3 N–H and O–H groups in total. The van der Waals surface area contributed by atoms with Crippen molar-refractivity contribution in [2.24, 2.45) is 5.73 Å². The molecule has 0 radical (unpaired) electrons. The van der Waals surface area contributed by atoms with Crippen molar-refractivity contribution in [1.29, 1.82) is 0 Å². The molecule has 6 heteroatoms. The third-order valence-electron chi connectivity index (χ3n) is 3.32. The minimum atomic E-state index is 0. The molecule has 1 heterocycles. The third-order valence-corrected chi connectivity index (χ3v) is 3.32. The Hall–Kier alpha value is -1.75. The Morgan fingerprint density at radius 2 is 1.86 bits per heavy atom. The molecule has 1 aromatic heterocycles. The predicted octanol–water partition coefficient (Wildman–Crippen LogP) is 3.58. The molecule has 0 amide bonds. The van der Waals surface area contributed by atoms with E-state index in [0.717, 1.165) is 40.2 Å². The molecule has 0 aliphatic heterocycles. The highest BCUT2D eigenvalue weighted by molar-refractivity contribution is 5.85. The summed E-state index contributed by atoms with van der Waals surface area (Å²) in [5.74, 6) is 1.79. The van der Waals surface area contributed by atoms with Crippen LogP contribution in [0.4, 0.5) is 0 Å². The second-order valence-electron chi connectivity index (χ2n) is 4.69. The van der Waals surface area contributed by atoms with Gasteiger partial charge in [-0.15, -0.1) is 24.8 Å². The van der Waals surface area contributed by atoms with Crippen LogP contribution in [0.15, 0.2) is 42.5 Å². The highest BCUT2D eigenvalue weighted by Gasteiger charge is 2.05. The number of halogens is 2. The summed E-state index contributed by atoms with van der Waals surface area (Å²) in [6.07, 6.45) is 0.767. The number of nitrogens with zero attached hydrogens (tertiary/aromatic N) is 1. The lowest BCUT2D eigenvalue weighted by Crippen LogP contribution is -2.03. The maximum Gasteiger partial charge on any atom is 0.119 e. The SMILES string of the molecule is COc1cccc(-c2ccc3[nH]c(CCN)nc3c2)c1.Cl.Cl. The Morgan fingerprint density at radius 3 is 2.59 bits per heavy atom. The minimum Gasteiger partial charge on any atom is -0.497 e. The second-order valence-corrected chi connectivity index (χ2v) is 4.69. The number of hydrogen-bond acceptors (Lipinski definition) is 3. The molecular formula is C16H19Cl2N3O. The van der Waals surface area contributed by atoms with Gasteiger partial charge < -0.3 is 15.5 Å². The van der Waals surface area contributed by atoms with Crippen molar-refractivity contribution in [3.63, 3.8) is 0 Å². The van der Waals surface area contributed by atoms with Crippen LogP contribution in [0.1, 0.15) is 5.82 Å². The smallest absolute Gasteiger partial charge is 0.119 e. The molecule has 0 saturated carbocycles. The topological polar surface area (TPSA) is 63.9 Å². The predicted molar refractivity (Wildman–Crippen MR) is 95.3 cm³/mol. The number of imidazole rings is 1. The Bertz CT molecular complexity index is 743. The third kappa shape index (κ3) is 3.71. The first kappa shape index (κ1) is 18.3. The van der Waals surface area contributed by atoms with Crippen molar-refractivity contribution in [1.82, 2.24) is 9.97 Å². The minimum absolute atomic E-state index is 0. The van der Waals surface area contributed by atoms with Crippen LogP contribution < -0.4 is 10.5 Å². The van der Waals surface area contributed by atoms with E-state index in [1.807, 2.05) is 18.2 Å². The zero-order chi connectivity index (χ0) is 13.9. The number of fused-ring (bicyclic) bond motifs is 1. The van der Waals surface area contributed by atoms with Gasteiger partial charge in [-0.1, -0.05) is 18.2 Å². The number of hydrogen-bond donors (Lipinski definition) is 2. The summed E-state index contributed by atoms with van der Waals surface area (Å²) < 4.78 is 5.26. The molecule has 0 unspecified atom stereocenters. The molecule has 2 aromatic carbocycles.